The molecule has 11 heteroatoms. The SMILES string of the molecule is O=S(=O)(c1ccc(Cl)cc1)N1CCc2nc(N3CCOCC3)nc(Oc3cccc(F)c3)c2C1. The maximum Gasteiger partial charge on any atom is 0.243 e. The fourth-order valence-corrected chi connectivity index (χ4v) is 5.47. The highest BCUT2D eigenvalue weighted by atomic mass is 35.5. The molecule has 0 radical (unpaired) electrons. The summed E-state index contributed by atoms with van der Waals surface area (Å²) in [6.45, 7) is 2.69. The third-order valence-electron chi connectivity index (χ3n) is 5.73. The number of nitrogens with zero attached hydrogens (tertiary/aromatic N) is 4. The summed E-state index contributed by atoms with van der Waals surface area (Å²) in [5, 5.41) is 0.456. The van der Waals surface area contributed by atoms with E-state index in [1.54, 1.807) is 24.3 Å². The third-order valence-corrected chi connectivity index (χ3v) is 7.84. The van der Waals surface area contributed by atoms with E-state index in [9.17, 15) is 12.8 Å². The van der Waals surface area contributed by atoms with Crippen molar-refractivity contribution in [1.29, 1.82) is 0 Å². The van der Waals surface area contributed by atoms with E-state index in [1.807, 2.05) is 4.90 Å². The first-order chi connectivity index (χ1) is 16.4. The van der Waals surface area contributed by atoms with Crippen LogP contribution in [0.1, 0.15) is 11.3 Å². The molecule has 0 unspecified atom stereocenters. The van der Waals surface area contributed by atoms with Gasteiger partial charge in [-0.25, -0.2) is 17.8 Å². The summed E-state index contributed by atoms with van der Waals surface area (Å²) in [7, 11) is -3.77. The Morgan fingerprint density at radius 2 is 1.79 bits per heavy atom. The summed E-state index contributed by atoms with van der Waals surface area (Å²) in [5.74, 6) is 0.530. The zero-order valence-corrected chi connectivity index (χ0v) is 19.7. The second-order valence-corrected chi connectivity index (χ2v) is 10.3. The van der Waals surface area contributed by atoms with Crippen LogP contribution in [-0.2, 0) is 27.7 Å². The number of morpholine rings is 1. The molecule has 1 aromatic heterocycles. The Labute approximate surface area is 202 Å². The summed E-state index contributed by atoms with van der Waals surface area (Å²) in [4.78, 5) is 11.5. The largest absolute Gasteiger partial charge is 0.438 e. The molecule has 0 bridgehead atoms. The second kappa shape index (κ2) is 9.46. The molecule has 2 aliphatic rings. The molecule has 3 aromatic rings. The van der Waals surface area contributed by atoms with Gasteiger partial charge >= 0.3 is 0 Å². The number of halogens is 2. The van der Waals surface area contributed by atoms with Gasteiger partial charge in [-0.3, -0.25) is 0 Å². The molecule has 1 fully saturated rings. The van der Waals surface area contributed by atoms with Gasteiger partial charge in [-0.2, -0.15) is 9.29 Å². The van der Waals surface area contributed by atoms with E-state index in [-0.39, 0.29) is 29.6 Å². The second-order valence-electron chi connectivity index (χ2n) is 7.96. The van der Waals surface area contributed by atoms with E-state index in [2.05, 4.69) is 4.98 Å². The molecular formula is C23H22ClFN4O4S. The Hall–Kier alpha value is -2.79. The van der Waals surface area contributed by atoms with Crippen LogP contribution in [-0.4, -0.2) is 55.5 Å². The summed E-state index contributed by atoms with van der Waals surface area (Å²) < 4.78 is 53.1. The summed E-state index contributed by atoms with van der Waals surface area (Å²) >= 11 is 5.92. The van der Waals surface area contributed by atoms with E-state index < -0.39 is 15.8 Å². The van der Waals surface area contributed by atoms with Crippen molar-refractivity contribution in [2.75, 3.05) is 37.7 Å². The molecule has 178 valence electrons. The maximum atomic E-state index is 13.8. The smallest absolute Gasteiger partial charge is 0.243 e. The Balaban J connectivity index is 1.52. The number of hydrogen-bond acceptors (Lipinski definition) is 7. The van der Waals surface area contributed by atoms with Crippen molar-refractivity contribution in [3.05, 3.63) is 70.6 Å². The molecule has 34 heavy (non-hydrogen) atoms. The number of fused-ring (bicyclic) bond motifs is 1. The fraction of sp³-hybridized carbons (Fsp3) is 0.304. The standard InChI is InChI=1S/C23H22ClFN4O4S/c24-16-4-6-19(7-5-16)34(30,31)29-9-8-21-20(15-29)22(33-18-3-1-2-17(25)14-18)27-23(26-21)28-10-12-32-13-11-28/h1-7,14H,8-13,15H2. The summed E-state index contributed by atoms with van der Waals surface area (Å²) in [6.07, 6.45) is 0.390. The number of sulfonamides is 1. The van der Waals surface area contributed by atoms with Gasteiger partial charge in [-0.1, -0.05) is 17.7 Å². The lowest BCUT2D eigenvalue weighted by Crippen LogP contribution is -2.39. The minimum Gasteiger partial charge on any atom is -0.438 e. The van der Waals surface area contributed by atoms with Crippen LogP contribution in [0.25, 0.3) is 0 Å². The minimum absolute atomic E-state index is 0.0360. The highest BCUT2D eigenvalue weighted by Crippen LogP contribution is 2.34. The van der Waals surface area contributed by atoms with Gasteiger partial charge in [0.15, 0.2) is 0 Å². The number of ether oxygens (including phenoxy) is 2. The monoisotopic (exact) mass is 504 g/mol. The molecule has 3 heterocycles. The van der Waals surface area contributed by atoms with Crippen molar-refractivity contribution in [3.8, 4) is 11.6 Å². The molecular weight excluding hydrogens is 483 g/mol. The predicted octanol–water partition coefficient (Wildman–Crippen LogP) is 3.65. The molecule has 8 nitrogen and oxygen atoms in total. The average Bonchev–Trinajstić information content (AvgIpc) is 2.84. The van der Waals surface area contributed by atoms with E-state index in [0.717, 1.165) is 0 Å². The van der Waals surface area contributed by atoms with Crippen LogP contribution in [0.2, 0.25) is 5.02 Å². The molecule has 0 aliphatic carbocycles. The molecule has 0 atom stereocenters. The van der Waals surface area contributed by atoms with Gasteiger partial charge in [-0.15, -0.1) is 0 Å². The first kappa shape index (κ1) is 23.0. The van der Waals surface area contributed by atoms with Crippen molar-refractivity contribution in [2.45, 2.75) is 17.9 Å². The summed E-state index contributed by atoms with van der Waals surface area (Å²) in [6, 6.07) is 11.8. The third kappa shape index (κ3) is 4.72. The Morgan fingerprint density at radius 3 is 2.53 bits per heavy atom. The molecule has 5 rings (SSSR count). The highest BCUT2D eigenvalue weighted by Gasteiger charge is 2.32. The molecule has 0 saturated carbocycles. The number of hydrogen-bond donors (Lipinski definition) is 0. The lowest BCUT2D eigenvalue weighted by molar-refractivity contribution is 0.122. The zero-order valence-electron chi connectivity index (χ0n) is 18.2. The maximum absolute atomic E-state index is 13.8. The van der Waals surface area contributed by atoms with Crippen LogP contribution in [0.4, 0.5) is 10.3 Å². The number of benzene rings is 2. The molecule has 0 spiro atoms. The molecule has 0 amide bonds. The van der Waals surface area contributed by atoms with Crippen molar-refractivity contribution >= 4 is 27.6 Å². The van der Waals surface area contributed by atoms with Gasteiger partial charge < -0.3 is 14.4 Å². The molecule has 1 saturated heterocycles. The van der Waals surface area contributed by atoms with Gasteiger partial charge in [0.1, 0.15) is 11.6 Å². The van der Waals surface area contributed by atoms with E-state index >= 15 is 0 Å². The van der Waals surface area contributed by atoms with Crippen LogP contribution < -0.4 is 9.64 Å². The van der Waals surface area contributed by atoms with Crippen LogP contribution in [0.3, 0.4) is 0 Å². The number of rotatable bonds is 5. The Kier molecular flexibility index (Phi) is 6.39. The lowest BCUT2D eigenvalue weighted by Gasteiger charge is -2.31. The normalized spacial score (nSPS) is 16.8. The fourth-order valence-electron chi connectivity index (χ4n) is 3.94. The van der Waals surface area contributed by atoms with E-state index in [4.69, 9.17) is 26.1 Å². The lowest BCUT2D eigenvalue weighted by atomic mass is 10.1. The first-order valence-corrected chi connectivity index (χ1v) is 12.6. The minimum atomic E-state index is -3.77. The Bertz CT molecular complexity index is 1300. The van der Waals surface area contributed by atoms with Crippen LogP contribution >= 0.6 is 11.6 Å². The topological polar surface area (TPSA) is 84.9 Å². The number of aromatic nitrogens is 2. The van der Waals surface area contributed by atoms with Crippen molar-refractivity contribution in [3.63, 3.8) is 0 Å². The quantitative estimate of drug-likeness (QED) is 0.524. The first-order valence-electron chi connectivity index (χ1n) is 10.8. The van der Waals surface area contributed by atoms with Crippen molar-refractivity contribution in [1.82, 2.24) is 14.3 Å². The van der Waals surface area contributed by atoms with Gasteiger partial charge in [0.05, 0.1) is 29.4 Å². The zero-order chi connectivity index (χ0) is 23.7. The van der Waals surface area contributed by atoms with Crippen LogP contribution in [0.15, 0.2) is 53.4 Å². The van der Waals surface area contributed by atoms with Gasteiger partial charge in [0, 0.05) is 43.7 Å². The average molecular weight is 505 g/mol. The van der Waals surface area contributed by atoms with Gasteiger partial charge in [-0.05, 0) is 36.4 Å². The van der Waals surface area contributed by atoms with Crippen molar-refractivity contribution < 1.29 is 22.3 Å². The van der Waals surface area contributed by atoms with Gasteiger partial charge in [0.2, 0.25) is 21.9 Å². The predicted molar refractivity (Wildman–Crippen MR) is 124 cm³/mol. The number of anilines is 1. The van der Waals surface area contributed by atoms with Crippen LogP contribution in [0, 0.1) is 5.82 Å². The molecule has 2 aliphatic heterocycles. The Morgan fingerprint density at radius 1 is 1.03 bits per heavy atom. The van der Waals surface area contributed by atoms with Crippen LogP contribution in [0.5, 0.6) is 11.6 Å². The van der Waals surface area contributed by atoms with Crippen molar-refractivity contribution in [2.24, 2.45) is 0 Å². The van der Waals surface area contributed by atoms with E-state index in [0.29, 0.717) is 55.0 Å². The van der Waals surface area contributed by atoms with E-state index in [1.165, 1.54) is 28.6 Å². The molecule has 2 aromatic carbocycles. The summed E-state index contributed by atoms with van der Waals surface area (Å²) in [5.41, 5.74) is 1.27. The van der Waals surface area contributed by atoms with Gasteiger partial charge in [0.25, 0.3) is 0 Å². The highest BCUT2D eigenvalue weighted by molar-refractivity contribution is 7.89. The molecule has 0 N–H and O–H groups in total.